The van der Waals surface area contributed by atoms with E-state index in [1.54, 1.807) is 0 Å². The van der Waals surface area contributed by atoms with Gasteiger partial charge in [-0.1, -0.05) is 11.6 Å². The second kappa shape index (κ2) is 18.4. The molecule has 1 atom stereocenters. The third-order valence-electron chi connectivity index (χ3n) is 4.57. The molecule has 1 aromatic rings. The third kappa shape index (κ3) is 17.2. The van der Waals surface area contributed by atoms with Gasteiger partial charge in [-0.25, -0.2) is 0 Å². The van der Waals surface area contributed by atoms with Crippen molar-refractivity contribution in [3.63, 3.8) is 0 Å². The van der Waals surface area contributed by atoms with E-state index in [0.29, 0.717) is 17.5 Å². The van der Waals surface area contributed by atoms with Crippen LogP contribution in [0.4, 0.5) is 0 Å². The summed E-state index contributed by atoms with van der Waals surface area (Å²) < 4.78 is 5.54. The minimum Gasteiger partial charge on any atom is -0.491 e. The number of aliphatic carboxylic acids is 4. The third-order valence-corrected chi connectivity index (χ3v) is 4.81. The minimum absolute atomic E-state index is 0.0149. The summed E-state index contributed by atoms with van der Waals surface area (Å²) in [6, 6.07) is 5.61. The normalized spacial score (nSPS) is 14.7. The number of halogens is 1. The number of aliphatic hydroxyl groups is 1. The topological polar surface area (TPSA) is 208 Å². The Balaban J connectivity index is 0.000000601. The molecule has 13 heteroatoms. The van der Waals surface area contributed by atoms with Gasteiger partial charge in [0.15, 0.2) is 0 Å². The maximum Gasteiger partial charge on any atom is 0.303 e. The smallest absolute Gasteiger partial charge is 0.303 e. The fraction of sp³-hybridized carbons (Fsp3) is 0.545. The first-order valence-corrected chi connectivity index (χ1v) is 11.2. The van der Waals surface area contributed by atoms with Crippen LogP contribution in [0.2, 0.25) is 5.02 Å². The molecule has 198 valence electrons. The van der Waals surface area contributed by atoms with Crippen molar-refractivity contribution in [2.75, 3.05) is 32.8 Å². The monoisotopic (exact) mass is 520 g/mol. The van der Waals surface area contributed by atoms with Gasteiger partial charge in [0.25, 0.3) is 0 Å². The number of hydrogen-bond acceptors (Lipinski definition) is 8. The summed E-state index contributed by atoms with van der Waals surface area (Å²) in [6.45, 7) is 3.98. The van der Waals surface area contributed by atoms with E-state index < -0.39 is 23.9 Å². The van der Waals surface area contributed by atoms with E-state index in [-0.39, 0.29) is 32.3 Å². The molecule has 0 saturated carbocycles. The maximum atomic E-state index is 9.64. The number of aliphatic hydroxyl groups excluding tert-OH is 1. The molecule has 0 bridgehead atoms. The summed E-state index contributed by atoms with van der Waals surface area (Å²) in [4.78, 5) is 40.9. The van der Waals surface area contributed by atoms with Crippen LogP contribution in [0, 0.1) is 5.92 Å². The molecular weight excluding hydrogens is 488 g/mol. The Kier molecular flexibility index (Phi) is 16.9. The number of nitrogens with zero attached hydrogens (tertiary/aromatic N) is 1. The highest BCUT2D eigenvalue weighted by molar-refractivity contribution is 6.30. The second-order valence-corrected chi connectivity index (χ2v) is 7.96. The lowest BCUT2D eigenvalue weighted by Gasteiger charge is -2.18. The van der Waals surface area contributed by atoms with Gasteiger partial charge in [-0.2, -0.15) is 0 Å². The van der Waals surface area contributed by atoms with Crippen molar-refractivity contribution in [3.8, 4) is 5.75 Å². The predicted octanol–water partition coefficient (Wildman–Crippen LogP) is 1.36. The van der Waals surface area contributed by atoms with E-state index in [0.717, 1.165) is 43.9 Å². The van der Waals surface area contributed by atoms with Crippen LogP contribution >= 0.6 is 11.6 Å². The first-order chi connectivity index (χ1) is 16.5. The van der Waals surface area contributed by atoms with Gasteiger partial charge >= 0.3 is 23.9 Å². The molecule has 0 aromatic heterocycles. The van der Waals surface area contributed by atoms with E-state index in [1.807, 2.05) is 18.2 Å². The number of carboxylic acid groups (broad SMARTS) is 4. The Morgan fingerprint density at radius 1 is 0.971 bits per heavy atom. The van der Waals surface area contributed by atoms with Crippen molar-refractivity contribution < 1.29 is 49.4 Å². The Labute approximate surface area is 207 Å². The van der Waals surface area contributed by atoms with Crippen molar-refractivity contribution in [2.24, 2.45) is 11.7 Å². The summed E-state index contributed by atoms with van der Waals surface area (Å²) in [5.41, 5.74) is 6.78. The molecule has 1 saturated heterocycles. The van der Waals surface area contributed by atoms with Crippen LogP contribution in [0.3, 0.4) is 0 Å². The molecule has 0 unspecified atom stereocenters. The molecule has 0 amide bonds. The molecule has 1 aromatic carbocycles. The zero-order valence-electron chi connectivity index (χ0n) is 19.3. The van der Waals surface area contributed by atoms with Crippen LogP contribution in [-0.2, 0) is 25.7 Å². The van der Waals surface area contributed by atoms with Crippen molar-refractivity contribution in [1.29, 1.82) is 0 Å². The average molecular weight is 521 g/mol. The van der Waals surface area contributed by atoms with Crippen LogP contribution in [0.5, 0.6) is 5.75 Å². The van der Waals surface area contributed by atoms with Crippen LogP contribution in [-0.4, -0.2) is 87.2 Å². The fourth-order valence-corrected chi connectivity index (χ4v) is 3.08. The maximum absolute atomic E-state index is 9.64. The van der Waals surface area contributed by atoms with Crippen molar-refractivity contribution >= 4 is 35.5 Å². The highest BCUT2D eigenvalue weighted by Crippen LogP contribution is 2.26. The fourth-order valence-electron chi connectivity index (χ4n) is 2.89. The number of hydrogen-bond donors (Lipinski definition) is 6. The first kappa shape index (κ1) is 32.1. The quantitative estimate of drug-likeness (QED) is 0.231. The average Bonchev–Trinajstić information content (AvgIpc) is 3.24. The molecule has 35 heavy (non-hydrogen) atoms. The van der Waals surface area contributed by atoms with Gasteiger partial charge in [0, 0.05) is 23.7 Å². The van der Waals surface area contributed by atoms with Crippen LogP contribution in [0.25, 0.3) is 0 Å². The van der Waals surface area contributed by atoms with E-state index >= 15 is 0 Å². The lowest BCUT2D eigenvalue weighted by Crippen LogP contribution is -2.23. The Morgan fingerprint density at radius 3 is 1.89 bits per heavy atom. The van der Waals surface area contributed by atoms with Gasteiger partial charge in [-0.05, 0) is 43.6 Å². The highest BCUT2D eigenvalue weighted by atomic mass is 35.5. The summed E-state index contributed by atoms with van der Waals surface area (Å²) in [5.74, 6) is -2.91. The summed E-state index contributed by atoms with van der Waals surface area (Å²) >= 11 is 6.05. The second-order valence-electron chi connectivity index (χ2n) is 7.52. The Bertz CT molecular complexity index is 765. The van der Waals surface area contributed by atoms with Gasteiger partial charge < -0.3 is 36.0 Å². The number of carbonyl (C=O) groups is 4. The molecule has 0 aliphatic carbocycles. The number of ether oxygens (including phenoxy) is 1. The lowest BCUT2D eigenvalue weighted by molar-refractivity contribution is -0.143. The van der Waals surface area contributed by atoms with Crippen molar-refractivity contribution in [3.05, 3.63) is 28.8 Å². The zero-order valence-corrected chi connectivity index (χ0v) is 20.0. The zero-order chi connectivity index (χ0) is 26.8. The minimum atomic E-state index is -1.08. The molecule has 1 aliphatic heterocycles. The highest BCUT2D eigenvalue weighted by Gasteiger charge is 2.22. The number of benzene rings is 1. The first-order valence-electron chi connectivity index (χ1n) is 10.8. The molecule has 1 heterocycles. The molecule has 0 radical (unpaired) electrons. The van der Waals surface area contributed by atoms with Crippen LogP contribution in [0.15, 0.2) is 18.2 Å². The molecule has 12 nitrogen and oxygen atoms in total. The van der Waals surface area contributed by atoms with E-state index in [9.17, 15) is 19.2 Å². The number of likely N-dealkylation sites (tertiary alicyclic amines) is 1. The Morgan fingerprint density at radius 2 is 1.49 bits per heavy atom. The van der Waals surface area contributed by atoms with Gasteiger partial charge in [-0.3, -0.25) is 24.1 Å². The summed E-state index contributed by atoms with van der Waals surface area (Å²) in [5, 5.41) is 41.2. The predicted molar refractivity (Wildman–Crippen MR) is 125 cm³/mol. The van der Waals surface area contributed by atoms with Crippen LogP contribution < -0.4 is 10.5 Å². The molecule has 0 spiro atoms. The molecule has 1 fully saturated rings. The van der Waals surface area contributed by atoms with Gasteiger partial charge in [0.05, 0.1) is 32.3 Å². The molecular formula is C22H33ClN2O10. The van der Waals surface area contributed by atoms with Crippen molar-refractivity contribution in [2.45, 2.75) is 38.6 Å². The largest absolute Gasteiger partial charge is 0.491 e. The summed E-state index contributed by atoms with van der Waals surface area (Å²) in [6.07, 6.45) is -0.0285. The summed E-state index contributed by atoms with van der Waals surface area (Å²) in [7, 11) is 0. The van der Waals surface area contributed by atoms with E-state index in [2.05, 4.69) is 4.90 Å². The Hall–Kier alpha value is -2.93. The van der Waals surface area contributed by atoms with Gasteiger partial charge in [0.1, 0.15) is 12.4 Å². The number of rotatable bonds is 12. The van der Waals surface area contributed by atoms with Crippen LogP contribution in [0.1, 0.15) is 37.7 Å². The van der Waals surface area contributed by atoms with E-state index in [1.165, 1.54) is 0 Å². The molecule has 2 rings (SSSR count). The van der Waals surface area contributed by atoms with E-state index in [4.69, 9.17) is 47.6 Å². The number of carboxylic acids is 4. The van der Waals surface area contributed by atoms with Crippen molar-refractivity contribution in [1.82, 2.24) is 4.90 Å². The molecule has 1 aliphatic rings. The lowest BCUT2D eigenvalue weighted by atomic mass is 10.1. The standard InChI is InChI=1S/C14H21ClN2O2.2C4H6O4/c15-13-1-2-14(19-6-5-18)12(7-13)10-17-4-3-11(8-16)9-17;2*5-3(6)1-2-4(7)8/h1-2,7,11,18H,3-6,8-10,16H2;2*1-2H2,(H,5,6)(H,7,8)/t11-;;/m0../s1. The number of nitrogens with two attached hydrogens (primary N) is 1. The van der Waals surface area contributed by atoms with Gasteiger partial charge in [0.2, 0.25) is 0 Å². The van der Waals surface area contributed by atoms with Gasteiger partial charge in [-0.15, -0.1) is 0 Å². The SMILES string of the molecule is NC[C@@H]1CCN(Cc2cc(Cl)ccc2OCCO)C1.O=C(O)CCC(=O)O.O=C(O)CCC(=O)O. The molecule has 7 N–H and O–H groups in total.